The zero-order valence-electron chi connectivity index (χ0n) is 37.8. The van der Waals surface area contributed by atoms with E-state index < -0.39 is 23.5 Å². The first kappa shape index (κ1) is 41.9. The van der Waals surface area contributed by atoms with Crippen molar-refractivity contribution in [1.82, 2.24) is 18.3 Å². The lowest BCUT2D eigenvalue weighted by Gasteiger charge is -2.21. The van der Waals surface area contributed by atoms with E-state index in [4.69, 9.17) is 0 Å². The normalized spacial score (nSPS) is 12.6. The third kappa shape index (κ3) is 6.14. The van der Waals surface area contributed by atoms with Crippen LogP contribution in [0.2, 0.25) is 0 Å². The van der Waals surface area contributed by atoms with Crippen LogP contribution in [0.5, 0.6) is 0 Å². The highest BCUT2D eigenvalue weighted by molar-refractivity contribution is 6.15. The molecule has 346 valence electrons. The van der Waals surface area contributed by atoms with Crippen molar-refractivity contribution in [2.24, 2.45) is 0 Å². The second-order valence-corrected chi connectivity index (χ2v) is 18.3. The van der Waals surface area contributed by atoms with E-state index in [-0.39, 0.29) is 22.5 Å². The van der Waals surface area contributed by atoms with Crippen molar-refractivity contribution in [2.75, 3.05) is 0 Å². The Kier molecular flexibility index (Phi) is 8.87. The number of halogens is 6. The molecule has 0 spiro atoms. The minimum atomic E-state index is -4.82. The van der Waals surface area contributed by atoms with Gasteiger partial charge >= 0.3 is 12.4 Å². The molecular weight excluding hydrogens is 915 g/mol. The van der Waals surface area contributed by atoms with Crippen LogP contribution in [0.15, 0.2) is 218 Å². The Hall–Kier alpha value is -9.02. The van der Waals surface area contributed by atoms with Gasteiger partial charge in [-0.3, -0.25) is 0 Å². The topological polar surface area (TPSA) is 19.7 Å². The smallest absolute Gasteiger partial charge is 0.309 e. The third-order valence-corrected chi connectivity index (χ3v) is 14.4. The molecule has 0 amide bonds. The molecule has 0 unspecified atom stereocenters. The van der Waals surface area contributed by atoms with E-state index in [1.165, 1.54) is 12.1 Å². The maximum atomic E-state index is 15.1. The molecule has 0 bridgehead atoms. The molecule has 72 heavy (non-hydrogen) atoms. The second-order valence-electron chi connectivity index (χ2n) is 18.3. The molecule has 4 nitrogen and oxygen atoms in total. The summed E-state index contributed by atoms with van der Waals surface area (Å²) in [7, 11) is 0. The fraction of sp³-hybridized carbons (Fsp3) is 0.0323. The summed E-state index contributed by atoms with van der Waals surface area (Å²) in [5, 5.41) is 7.66. The van der Waals surface area contributed by atoms with E-state index in [0.29, 0.717) is 22.1 Å². The Bertz CT molecular complexity index is 4160. The van der Waals surface area contributed by atoms with Gasteiger partial charge in [-0.25, -0.2) is 0 Å². The number of fused-ring (bicyclic) bond motifs is 12. The van der Waals surface area contributed by atoms with Crippen molar-refractivity contribution in [3.63, 3.8) is 0 Å². The molecule has 0 N–H and O–H groups in total. The summed E-state index contributed by atoms with van der Waals surface area (Å²) in [6.45, 7) is 0. The number of hydrogen-bond donors (Lipinski definition) is 0. The van der Waals surface area contributed by atoms with Crippen molar-refractivity contribution < 1.29 is 26.3 Å². The Morgan fingerprint density at radius 1 is 0.236 bits per heavy atom. The van der Waals surface area contributed by atoms with Gasteiger partial charge in [-0.1, -0.05) is 109 Å². The summed E-state index contributed by atoms with van der Waals surface area (Å²) in [6.07, 6.45) is -9.63. The molecule has 0 atom stereocenters. The van der Waals surface area contributed by atoms with Gasteiger partial charge in [0, 0.05) is 65.6 Å². The predicted molar refractivity (Wildman–Crippen MR) is 279 cm³/mol. The standard InChI is InChI=1S/C62H36F6N4/c63-61(64,65)37-25-29-57(71-55-23-11-5-17-45(55)49-35-39(27-31-59(49)71)69-51-19-7-1-13-41(51)42-14-2-8-20-52(42)69)47(33-37)48-34-38(62(66,67)68)26-30-58(48)72-56-24-12-6-18-46(56)50-36-40(28-32-60(50)72)70-53-21-9-3-15-43(53)44-16-4-10-22-54(44)70/h1-36H. The molecular formula is C62H36F6N4. The van der Waals surface area contributed by atoms with Crippen LogP contribution in [-0.4, -0.2) is 18.3 Å². The van der Waals surface area contributed by atoms with Gasteiger partial charge in [0.15, 0.2) is 0 Å². The van der Waals surface area contributed by atoms with Gasteiger partial charge in [0.25, 0.3) is 0 Å². The molecule has 4 aromatic heterocycles. The predicted octanol–water partition coefficient (Wildman–Crippen LogP) is 17.8. The number of hydrogen-bond acceptors (Lipinski definition) is 0. The van der Waals surface area contributed by atoms with Crippen LogP contribution in [0.25, 0.3) is 121 Å². The quantitative estimate of drug-likeness (QED) is 0.153. The summed E-state index contributed by atoms with van der Waals surface area (Å²) in [4.78, 5) is 0. The number of benzene rings is 10. The Balaban J connectivity index is 1.04. The molecule has 0 aliphatic carbocycles. The molecule has 14 aromatic rings. The number of alkyl halides is 6. The highest BCUT2D eigenvalue weighted by Gasteiger charge is 2.35. The van der Waals surface area contributed by atoms with Gasteiger partial charge in [-0.05, 0) is 109 Å². The molecule has 0 saturated heterocycles. The van der Waals surface area contributed by atoms with Crippen LogP contribution in [0, 0.1) is 0 Å². The summed E-state index contributed by atoms with van der Waals surface area (Å²) in [6, 6.07) is 66.8. The van der Waals surface area contributed by atoms with Crippen molar-refractivity contribution in [3.05, 3.63) is 230 Å². The average molecular weight is 951 g/mol. The van der Waals surface area contributed by atoms with E-state index in [1.54, 1.807) is 0 Å². The van der Waals surface area contributed by atoms with Crippen LogP contribution < -0.4 is 0 Å². The largest absolute Gasteiger partial charge is 0.416 e. The SMILES string of the molecule is FC(F)(F)c1ccc(-n2c3ccccc3c3cc(-n4c5ccccc5c5ccccc54)ccc32)c(-c2cc(C(F)(F)F)ccc2-n2c3ccccc3c3cc(-n4c5ccccc5c5ccccc54)ccc32)c1. The molecule has 0 fully saturated rings. The van der Waals surface area contributed by atoms with Crippen molar-refractivity contribution in [1.29, 1.82) is 0 Å². The average Bonchev–Trinajstić information content (AvgIpc) is 4.12. The first-order valence-electron chi connectivity index (χ1n) is 23.5. The second kappa shape index (κ2) is 15.2. The third-order valence-electron chi connectivity index (χ3n) is 14.4. The van der Waals surface area contributed by atoms with Crippen LogP contribution in [0.4, 0.5) is 26.3 Å². The van der Waals surface area contributed by atoms with Crippen molar-refractivity contribution in [2.45, 2.75) is 12.4 Å². The highest BCUT2D eigenvalue weighted by Crippen LogP contribution is 2.46. The first-order valence-corrected chi connectivity index (χ1v) is 23.5. The fourth-order valence-electron chi connectivity index (χ4n) is 11.4. The van der Waals surface area contributed by atoms with Crippen LogP contribution >= 0.6 is 0 Å². The lowest BCUT2D eigenvalue weighted by atomic mass is 9.96. The van der Waals surface area contributed by atoms with E-state index in [2.05, 4.69) is 69.8 Å². The minimum absolute atomic E-state index is 0.0205. The molecule has 0 radical (unpaired) electrons. The Labute approximate surface area is 406 Å². The van der Waals surface area contributed by atoms with E-state index in [9.17, 15) is 0 Å². The summed E-state index contributed by atoms with van der Waals surface area (Å²) < 4.78 is 98.6. The maximum absolute atomic E-state index is 15.1. The Morgan fingerprint density at radius 3 is 0.806 bits per heavy atom. The number of nitrogens with zero attached hydrogens (tertiary/aromatic N) is 4. The summed E-state index contributed by atoms with van der Waals surface area (Å²) in [5.41, 5.74) is 7.05. The summed E-state index contributed by atoms with van der Waals surface area (Å²) >= 11 is 0. The van der Waals surface area contributed by atoms with Gasteiger partial charge < -0.3 is 18.3 Å². The molecule has 0 saturated carbocycles. The molecule has 14 rings (SSSR count). The number of aromatic nitrogens is 4. The fourth-order valence-corrected chi connectivity index (χ4v) is 11.4. The van der Waals surface area contributed by atoms with E-state index in [0.717, 1.165) is 101 Å². The lowest BCUT2D eigenvalue weighted by Crippen LogP contribution is -2.10. The highest BCUT2D eigenvalue weighted by atomic mass is 19.4. The van der Waals surface area contributed by atoms with Gasteiger partial charge in [0.2, 0.25) is 0 Å². The van der Waals surface area contributed by atoms with Gasteiger partial charge in [-0.2, -0.15) is 26.3 Å². The molecule has 0 aliphatic rings. The molecule has 4 heterocycles. The van der Waals surface area contributed by atoms with E-state index in [1.807, 2.05) is 130 Å². The zero-order valence-corrected chi connectivity index (χ0v) is 37.8. The molecule has 10 aromatic carbocycles. The van der Waals surface area contributed by atoms with Crippen LogP contribution in [0.1, 0.15) is 11.1 Å². The first-order chi connectivity index (χ1) is 35.0. The van der Waals surface area contributed by atoms with Crippen molar-refractivity contribution >= 4 is 87.2 Å². The molecule has 0 aliphatic heterocycles. The number of rotatable bonds is 5. The van der Waals surface area contributed by atoms with Gasteiger partial charge in [0.1, 0.15) is 0 Å². The van der Waals surface area contributed by atoms with Crippen LogP contribution in [0.3, 0.4) is 0 Å². The Morgan fingerprint density at radius 2 is 0.500 bits per heavy atom. The van der Waals surface area contributed by atoms with Crippen molar-refractivity contribution in [3.8, 4) is 33.9 Å². The minimum Gasteiger partial charge on any atom is -0.309 e. The van der Waals surface area contributed by atoms with Gasteiger partial charge in [-0.15, -0.1) is 0 Å². The summed E-state index contributed by atoms with van der Waals surface area (Å²) in [5.74, 6) is 0. The monoisotopic (exact) mass is 950 g/mol. The van der Waals surface area contributed by atoms with Gasteiger partial charge in [0.05, 0.1) is 66.6 Å². The zero-order chi connectivity index (χ0) is 48.6. The lowest BCUT2D eigenvalue weighted by molar-refractivity contribution is -0.138. The molecule has 10 heteroatoms. The maximum Gasteiger partial charge on any atom is 0.416 e. The van der Waals surface area contributed by atoms with Crippen LogP contribution in [-0.2, 0) is 12.4 Å². The van der Waals surface area contributed by atoms with E-state index >= 15 is 26.3 Å². The number of para-hydroxylation sites is 6.